The Morgan fingerprint density at radius 3 is 2.84 bits per heavy atom. The van der Waals surface area contributed by atoms with Gasteiger partial charge in [0.05, 0.1) is 16.6 Å². The molecule has 5 heteroatoms. The summed E-state index contributed by atoms with van der Waals surface area (Å²) in [5.74, 6) is 0.439. The summed E-state index contributed by atoms with van der Waals surface area (Å²) in [5.41, 5.74) is 3.06. The maximum atomic E-state index is 12.4. The molecule has 2 aliphatic heterocycles. The van der Waals surface area contributed by atoms with Crippen LogP contribution in [0.3, 0.4) is 0 Å². The molecule has 19 heavy (non-hydrogen) atoms. The number of hydrogen-bond acceptors (Lipinski definition) is 2. The Labute approximate surface area is 124 Å². The number of likely N-dealkylation sites (N-methyl/N-ethyl adjacent to an activating group) is 1. The number of halogens is 2. The molecule has 0 radical (unpaired) electrons. The van der Waals surface area contributed by atoms with E-state index >= 15 is 0 Å². The third-order valence-corrected chi connectivity index (χ3v) is 4.50. The van der Waals surface area contributed by atoms with Crippen LogP contribution in [0, 0.1) is 0 Å². The number of carbonyl (C=O) groups is 1. The largest absolute Gasteiger partial charge is 0.337 e. The van der Waals surface area contributed by atoms with Crippen molar-refractivity contribution >= 4 is 29.9 Å². The molecule has 0 saturated carbocycles. The molecule has 2 heterocycles. The van der Waals surface area contributed by atoms with Crippen molar-refractivity contribution in [3.05, 3.63) is 33.8 Å². The number of fused-ring (bicyclic) bond motifs is 3. The van der Waals surface area contributed by atoms with Crippen LogP contribution in [0.4, 0.5) is 0 Å². The molecule has 104 valence electrons. The molecule has 3 rings (SSSR count). The number of carbonyl (C=O) groups excluding carboxylic acids is 1. The van der Waals surface area contributed by atoms with Gasteiger partial charge in [-0.2, -0.15) is 0 Å². The second kappa shape index (κ2) is 5.31. The van der Waals surface area contributed by atoms with Gasteiger partial charge in [-0.3, -0.25) is 4.79 Å². The minimum atomic E-state index is 0. The zero-order valence-corrected chi connectivity index (χ0v) is 12.6. The molecule has 1 fully saturated rings. The Morgan fingerprint density at radius 1 is 1.42 bits per heavy atom. The Morgan fingerprint density at radius 2 is 2.16 bits per heavy atom. The zero-order valence-electron chi connectivity index (χ0n) is 11.1. The first-order chi connectivity index (χ1) is 8.63. The standard InChI is InChI=1S/C14H17ClN2O.ClH/c1-3-8-4-9-10-6-16-7-12(10)17(2)14(18)13(9)11(15)5-8;/h4-5,10,12,16H,3,6-7H2,1-2H3;1H/t10-,12+;/m1./s1. The van der Waals surface area contributed by atoms with Crippen LogP contribution in [0.2, 0.25) is 5.02 Å². The maximum Gasteiger partial charge on any atom is 0.255 e. The molecular formula is C14H18Cl2N2O. The maximum absolute atomic E-state index is 12.4. The quantitative estimate of drug-likeness (QED) is 0.864. The lowest BCUT2D eigenvalue weighted by Gasteiger charge is -2.36. The van der Waals surface area contributed by atoms with Crippen LogP contribution in [0.5, 0.6) is 0 Å². The smallest absolute Gasteiger partial charge is 0.255 e. The number of amides is 1. The highest BCUT2D eigenvalue weighted by atomic mass is 35.5. The van der Waals surface area contributed by atoms with Crippen LogP contribution in [0.1, 0.15) is 34.3 Å². The number of rotatable bonds is 1. The SMILES string of the molecule is CCc1cc(Cl)c2c(c1)[C@H]1CNC[C@@H]1N(C)C2=O.Cl. The summed E-state index contributed by atoms with van der Waals surface area (Å²) in [7, 11) is 1.88. The summed E-state index contributed by atoms with van der Waals surface area (Å²) in [5, 5.41) is 3.98. The van der Waals surface area contributed by atoms with Gasteiger partial charge in [-0.15, -0.1) is 12.4 Å². The number of hydrogen-bond donors (Lipinski definition) is 1. The highest BCUT2D eigenvalue weighted by Gasteiger charge is 2.41. The van der Waals surface area contributed by atoms with Gasteiger partial charge in [0.25, 0.3) is 5.91 Å². The molecule has 0 aliphatic carbocycles. The first-order valence-corrected chi connectivity index (χ1v) is 6.81. The fraction of sp³-hybridized carbons (Fsp3) is 0.500. The summed E-state index contributed by atoms with van der Waals surface area (Å²) in [4.78, 5) is 14.2. The van der Waals surface area contributed by atoms with E-state index in [1.54, 1.807) is 0 Å². The lowest BCUT2D eigenvalue weighted by molar-refractivity contribution is 0.0706. The number of aryl methyl sites for hydroxylation is 1. The molecule has 0 bridgehead atoms. The topological polar surface area (TPSA) is 32.3 Å². The van der Waals surface area contributed by atoms with Gasteiger partial charge in [-0.1, -0.05) is 24.6 Å². The van der Waals surface area contributed by atoms with E-state index in [1.807, 2.05) is 18.0 Å². The normalized spacial score (nSPS) is 24.8. The van der Waals surface area contributed by atoms with E-state index in [2.05, 4.69) is 18.3 Å². The predicted molar refractivity (Wildman–Crippen MR) is 79.6 cm³/mol. The molecule has 1 amide bonds. The molecule has 2 aliphatic rings. The minimum absolute atomic E-state index is 0. The van der Waals surface area contributed by atoms with Crippen molar-refractivity contribution in [2.45, 2.75) is 25.3 Å². The van der Waals surface area contributed by atoms with Gasteiger partial charge in [-0.25, -0.2) is 0 Å². The summed E-state index contributed by atoms with van der Waals surface area (Å²) < 4.78 is 0. The Balaban J connectivity index is 0.00000133. The number of benzene rings is 1. The average molecular weight is 301 g/mol. The Kier molecular flexibility index (Phi) is 4.09. The third kappa shape index (κ3) is 2.14. The van der Waals surface area contributed by atoms with Crippen LogP contribution in [-0.2, 0) is 6.42 Å². The molecule has 0 aromatic heterocycles. The first kappa shape index (κ1) is 14.6. The van der Waals surface area contributed by atoms with Gasteiger partial charge in [0.2, 0.25) is 0 Å². The van der Waals surface area contributed by atoms with E-state index in [1.165, 1.54) is 5.56 Å². The predicted octanol–water partition coefficient (Wildman–Crippen LogP) is 2.47. The number of nitrogens with one attached hydrogen (secondary N) is 1. The highest BCUT2D eigenvalue weighted by molar-refractivity contribution is 6.34. The van der Waals surface area contributed by atoms with Crippen molar-refractivity contribution in [2.75, 3.05) is 20.1 Å². The number of nitrogens with zero attached hydrogens (tertiary/aromatic N) is 1. The van der Waals surface area contributed by atoms with Gasteiger partial charge >= 0.3 is 0 Å². The summed E-state index contributed by atoms with van der Waals surface area (Å²) in [6, 6.07) is 4.36. The summed E-state index contributed by atoms with van der Waals surface area (Å²) >= 11 is 6.31. The van der Waals surface area contributed by atoms with Gasteiger partial charge in [-0.05, 0) is 23.6 Å². The molecule has 0 spiro atoms. The third-order valence-electron chi connectivity index (χ3n) is 4.20. The van der Waals surface area contributed by atoms with Gasteiger partial charge in [0.15, 0.2) is 0 Å². The molecule has 3 nitrogen and oxygen atoms in total. The second-order valence-electron chi connectivity index (χ2n) is 5.14. The second-order valence-corrected chi connectivity index (χ2v) is 5.55. The fourth-order valence-electron chi connectivity index (χ4n) is 3.12. The van der Waals surface area contributed by atoms with E-state index in [0.717, 1.165) is 25.1 Å². The van der Waals surface area contributed by atoms with Crippen LogP contribution in [-0.4, -0.2) is 37.0 Å². The Bertz CT molecular complexity index is 518. The minimum Gasteiger partial charge on any atom is -0.337 e. The molecule has 1 saturated heterocycles. The molecule has 1 aromatic rings. The van der Waals surface area contributed by atoms with E-state index in [0.29, 0.717) is 16.5 Å². The monoisotopic (exact) mass is 300 g/mol. The molecule has 1 aromatic carbocycles. The van der Waals surface area contributed by atoms with Crippen LogP contribution < -0.4 is 5.32 Å². The summed E-state index contributed by atoms with van der Waals surface area (Å²) in [6.07, 6.45) is 0.946. The fourth-order valence-corrected chi connectivity index (χ4v) is 3.45. The van der Waals surface area contributed by atoms with Crippen LogP contribution in [0.25, 0.3) is 0 Å². The van der Waals surface area contributed by atoms with Crippen molar-refractivity contribution in [1.29, 1.82) is 0 Å². The zero-order chi connectivity index (χ0) is 12.9. The molecule has 2 atom stereocenters. The van der Waals surface area contributed by atoms with Crippen LogP contribution in [0.15, 0.2) is 12.1 Å². The van der Waals surface area contributed by atoms with E-state index in [-0.39, 0.29) is 24.4 Å². The van der Waals surface area contributed by atoms with Crippen molar-refractivity contribution in [2.24, 2.45) is 0 Å². The molecule has 1 N–H and O–H groups in total. The van der Waals surface area contributed by atoms with Crippen molar-refractivity contribution in [3.8, 4) is 0 Å². The first-order valence-electron chi connectivity index (χ1n) is 6.43. The van der Waals surface area contributed by atoms with Gasteiger partial charge < -0.3 is 10.2 Å². The average Bonchev–Trinajstić information content (AvgIpc) is 2.84. The van der Waals surface area contributed by atoms with Crippen molar-refractivity contribution < 1.29 is 4.79 Å². The lowest BCUT2D eigenvalue weighted by Crippen LogP contribution is -2.45. The van der Waals surface area contributed by atoms with Gasteiger partial charge in [0.1, 0.15) is 0 Å². The van der Waals surface area contributed by atoms with Crippen molar-refractivity contribution in [3.63, 3.8) is 0 Å². The van der Waals surface area contributed by atoms with Crippen LogP contribution >= 0.6 is 24.0 Å². The highest BCUT2D eigenvalue weighted by Crippen LogP contribution is 2.38. The van der Waals surface area contributed by atoms with E-state index in [9.17, 15) is 4.79 Å². The van der Waals surface area contributed by atoms with E-state index in [4.69, 9.17) is 11.6 Å². The summed E-state index contributed by atoms with van der Waals surface area (Å²) in [6.45, 7) is 3.91. The Hall–Kier alpha value is -0.770. The van der Waals surface area contributed by atoms with Gasteiger partial charge in [0, 0.05) is 26.1 Å². The molecular weight excluding hydrogens is 283 g/mol. The molecule has 0 unspecified atom stereocenters. The van der Waals surface area contributed by atoms with E-state index < -0.39 is 0 Å². The van der Waals surface area contributed by atoms with Crippen molar-refractivity contribution in [1.82, 2.24) is 10.2 Å². The lowest BCUT2D eigenvalue weighted by atomic mass is 9.84.